The number of amides is 2. The predicted molar refractivity (Wildman–Crippen MR) is 170 cm³/mol. The first-order chi connectivity index (χ1) is 21.4. The zero-order chi connectivity index (χ0) is 30.6. The van der Waals surface area contributed by atoms with Gasteiger partial charge in [0.25, 0.3) is 0 Å². The number of carbonyl (C=O) groups excluding carboxylic acids is 2. The highest BCUT2D eigenvalue weighted by atomic mass is 16.5. The van der Waals surface area contributed by atoms with Crippen molar-refractivity contribution in [3.63, 3.8) is 0 Å². The Morgan fingerprint density at radius 3 is 2.41 bits per heavy atom. The molecule has 6 rings (SSSR count). The van der Waals surface area contributed by atoms with Gasteiger partial charge < -0.3 is 24.5 Å². The molecule has 44 heavy (non-hydrogen) atoms. The number of anilines is 1. The molecule has 3 saturated carbocycles. The van der Waals surface area contributed by atoms with E-state index in [1.54, 1.807) is 13.4 Å². The first-order valence-corrected chi connectivity index (χ1v) is 16.3. The van der Waals surface area contributed by atoms with Gasteiger partial charge in [-0.25, -0.2) is 4.98 Å². The Kier molecular flexibility index (Phi) is 9.36. The molecule has 0 spiro atoms. The maximum absolute atomic E-state index is 14.2. The van der Waals surface area contributed by atoms with E-state index in [9.17, 15) is 9.59 Å². The lowest BCUT2D eigenvalue weighted by Gasteiger charge is -2.36. The van der Waals surface area contributed by atoms with Crippen molar-refractivity contribution in [2.24, 2.45) is 11.8 Å². The van der Waals surface area contributed by atoms with Gasteiger partial charge in [-0.1, -0.05) is 24.3 Å². The zero-order valence-electron chi connectivity index (χ0n) is 26.0. The third-order valence-corrected chi connectivity index (χ3v) is 9.93. The summed E-state index contributed by atoms with van der Waals surface area (Å²) in [5, 5.41) is 12.0. The van der Waals surface area contributed by atoms with Crippen LogP contribution in [0.4, 0.5) is 5.69 Å². The van der Waals surface area contributed by atoms with Crippen molar-refractivity contribution in [2.75, 3.05) is 25.2 Å². The second kappa shape index (κ2) is 13.6. The molecule has 234 valence electrons. The molecule has 0 saturated heterocycles. The fourth-order valence-corrected chi connectivity index (χ4v) is 7.16. The van der Waals surface area contributed by atoms with E-state index in [0.717, 1.165) is 92.8 Å². The maximum Gasteiger partial charge on any atom is 0.245 e. The second-order valence-corrected chi connectivity index (χ2v) is 13.1. The van der Waals surface area contributed by atoms with Gasteiger partial charge in [0.15, 0.2) is 5.89 Å². The van der Waals surface area contributed by atoms with Crippen LogP contribution in [0.15, 0.2) is 53.1 Å². The summed E-state index contributed by atoms with van der Waals surface area (Å²) in [7, 11) is 1.72. The third kappa shape index (κ3) is 7.01. The molecule has 2 N–H and O–H groups in total. The van der Waals surface area contributed by atoms with Crippen LogP contribution in [-0.2, 0) is 9.59 Å². The lowest BCUT2D eigenvalue weighted by Crippen LogP contribution is -2.44. The molecule has 8 heteroatoms. The molecular formula is C36H45N3O5. The van der Waals surface area contributed by atoms with Crippen molar-refractivity contribution in [2.45, 2.75) is 89.0 Å². The van der Waals surface area contributed by atoms with Gasteiger partial charge >= 0.3 is 0 Å². The Bertz CT molecular complexity index is 1450. The molecule has 0 bridgehead atoms. The zero-order valence-corrected chi connectivity index (χ0v) is 26.0. The Morgan fingerprint density at radius 2 is 1.73 bits per heavy atom. The summed E-state index contributed by atoms with van der Waals surface area (Å²) >= 11 is 0. The van der Waals surface area contributed by atoms with E-state index in [1.807, 2.05) is 23.1 Å². The van der Waals surface area contributed by atoms with Crippen LogP contribution in [0, 0.1) is 18.8 Å². The largest absolute Gasteiger partial charge is 0.496 e. The Hall–Kier alpha value is -3.65. The van der Waals surface area contributed by atoms with Gasteiger partial charge in [0.1, 0.15) is 24.3 Å². The van der Waals surface area contributed by atoms with Gasteiger partial charge in [0.05, 0.1) is 7.11 Å². The number of aliphatic hydroxyl groups is 1. The van der Waals surface area contributed by atoms with E-state index < -0.39 is 6.61 Å². The van der Waals surface area contributed by atoms with Crippen LogP contribution >= 0.6 is 0 Å². The number of nitrogens with zero attached hydrogens (tertiary/aromatic N) is 2. The number of hydrogen-bond donors (Lipinski definition) is 2. The predicted octanol–water partition coefficient (Wildman–Crippen LogP) is 6.51. The molecule has 3 fully saturated rings. The van der Waals surface area contributed by atoms with Crippen LogP contribution in [0.2, 0.25) is 0 Å². The SMILES string of the molecule is COc1ccc(C2CCC(CN(C(=O)C3CCC(NC(=O)CO)CC3)c3cccc(-c4coc(C5CC5)n4)c3)CC2)cc1C. The monoisotopic (exact) mass is 599 g/mol. The number of aryl methyl sites for hydroxylation is 1. The molecule has 0 aliphatic heterocycles. The number of ether oxygens (including phenoxy) is 1. The first-order valence-electron chi connectivity index (χ1n) is 16.3. The summed E-state index contributed by atoms with van der Waals surface area (Å²) in [4.78, 5) is 32.7. The van der Waals surface area contributed by atoms with E-state index >= 15 is 0 Å². The number of aliphatic hydroxyl groups excluding tert-OH is 1. The molecule has 1 aromatic heterocycles. The summed E-state index contributed by atoms with van der Waals surface area (Å²) < 4.78 is 11.2. The van der Waals surface area contributed by atoms with Crippen LogP contribution in [-0.4, -0.2) is 48.2 Å². The van der Waals surface area contributed by atoms with Gasteiger partial charge in [-0.05, 0) is 112 Å². The Balaban J connectivity index is 1.17. The first kappa shape index (κ1) is 30.4. The molecule has 3 aliphatic rings. The molecule has 0 unspecified atom stereocenters. The lowest BCUT2D eigenvalue weighted by atomic mass is 9.78. The van der Waals surface area contributed by atoms with Gasteiger partial charge in [0.2, 0.25) is 11.8 Å². The number of nitrogens with one attached hydrogen (secondary N) is 1. The fourth-order valence-electron chi connectivity index (χ4n) is 7.16. The summed E-state index contributed by atoms with van der Waals surface area (Å²) in [6.07, 6.45) is 11.3. The summed E-state index contributed by atoms with van der Waals surface area (Å²) in [6.45, 7) is 2.30. The highest BCUT2D eigenvalue weighted by Gasteiger charge is 2.33. The van der Waals surface area contributed by atoms with Crippen LogP contribution in [0.5, 0.6) is 5.75 Å². The van der Waals surface area contributed by atoms with Crippen molar-refractivity contribution in [1.29, 1.82) is 0 Å². The Morgan fingerprint density at radius 1 is 0.977 bits per heavy atom. The number of rotatable bonds is 10. The minimum atomic E-state index is -0.503. The van der Waals surface area contributed by atoms with Crippen molar-refractivity contribution >= 4 is 17.5 Å². The van der Waals surface area contributed by atoms with Gasteiger partial charge in [0, 0.05) is 35.7 Å². The fraction of sp³-hybridized carbons (Fsp3) is 0.528. The number of oxazole rings is 1. The molecule has 1 heterocycles. The number of methoxy groups -OCH3 is 1. The van der Waals surface area contributed by atoms with Crippen LogP contribution in [0.1, 0.15) is 93.1 Å². The number of carbonyl (C=O) groups is 2. The van der Waals surface area contributed by atoms with Crippen LogP contribution in [0.25, 0.3) is 11.3 Å². The highest BCUT2D eigenvalue weighted by Crippen LogP contribution is 2.41. The molecule has 0 atom stereocenters. The average molecular weight is 600 g/mol. The number of aromatic nitrogens is 1. The van der Waals surface area contributed by atoms with Crippen molar-refractivity contribution in [3.05, 3.63) is 65.7 Å². The van der Waals surface area contributed by atoms with E-state index in [-0.39, 0.29) is 23.8 Å². The molecule has 8 nitrogen and oxygen atoms in total. The average Bonchev–Trinajstić information content (AvgIpc) is 3.79. The third-order valence-electron chi connectivity index (χ3n) is 9.93. The van der Waals surface area contributed by atoms with Gasteiger partial charge in [-0.2, -0.15) is 0 Å². The number of benzene rings is 2. The van der Waals surface area contributed by atoms with Crippen molar-refractivity contribution in [1.82, 2.24) is 10.3 Å². The van der Waals surface area contributed by atoms with E-state index in [1.165, 1.54) is 11.1 Å². The normalized spacial score (nSPS) is 23.6. The quantitative estimate of drug-likeness (QED) is 0.275. The van der Waals surface area contributed by atoms with Gasteiger partial charge in [-0.15, -0.1) is 0 Å². The molecular weight excluding hydrogens is 554 g/mol. The lowest BCUT2D eigenvalue weighted by molar-refractivity contribution is -0.125. The molecule has 3 aromatic rings. The van der Waals surface area contributed by atoms with E-state index in [4.69, 9.17) is 19.2 Å². The molecule has 0 radical (unpaired) electrons. The number of hydrogen-bond acceptors (Lipinski definition) is 6. The van der Waals surface area contributed by atoms with Crippen LogP contribution < -0.4 is 15.0 Å². The molecule has 2 aromatic carbocycles. The molecule has 3 aliphatic carbocycles. The minimum absolute atomic E-state index is 0.0141. The standard InChI is InChI=1S/C36H45N3O5/c1-23-18-28(14-17-33(23)43-2)25-8-6-24(7-9-25)20-39(36(42)27-12-15-30(16-13-27)37-34(41)21-40)31-5-3-4-29(19-31)32-22-44-35(38-32)26-10-11-26/h3-5,14,17-19,22,24-27,30,40H,6-13,15-16,20-21H2,1-2H3,(H,37,41). The molecule has 2 amide bonds. The summed E-state index contributed by atoms with van der Waals surface area (Å²) in [5.41, 5.74) is 5.24. The topological polar surface area (TPSA) is 105 Å². The highest BCUT2D eigenvalue weighted by molar-refractivity contribution is 5.95. The van der Waals surface area contributed by atoms with Gasteiger partial charge in [-0.3, -0.25) is 9.59 Å². The maximum atomic E-state index is 14.2. The van der Waals surface area contributed by atoms with Crippen molar-refractivity contribution < 1.29 is 23.8 Å². The second-order valence-electron chi connectivity index (χ2n) is 13.1. The summed E-state index contributed by atoms with van der Waals surface area (Å²) in [5.74, 6) is 2.86. The van der Waals surface area contributed by atoms with Crippen molar-refractivity contribution in [3.8, 4) is 17.0 Å². The van der Waals surface area contributed by atoms with Crippen LogP contribution in [0.3, 0.4) is 0 Å². The Labute approximate surface area is 260 Å². The van der Waals surface area contributed by atoms with E-state index in [0.29, 0.717) is 24.3 Å². The van der Waals surface area contributed by atoms with E-state index in [2.05, 4.69) is 36.5 Å². The summed E-state index contributed by atoms with van der Waals surface area (Å²) in [6, 6.07) is 14.8. The smallest absolute Gasteiger partial charge is 0.245 e. The minimum Gasteiger partial charge on any atom is -0.496 e.